The Morgan fingerprint density at radius 1 is 1.12 bits per heavy atom. The van der Waals surface area contributed by atoms with Crippen molar-refractivity contribution in [2.24, 2.45) is 11.7 Å². The molecule has 3 atom stereocenters. The van der Waals surface area contributed by atoms with Gasteiger partial charge in [0.15, 0.2) is 9.84 Å². The third-order valence-electron chi connectivity index (χ3n) is 4.28. The van der Waals surface area contributed by atoms with Crippen LogP contribution in [0.2, 0.25) is 5.02 Å². The molecule has 0 aliphatic heterocycles. The predicted molar refractivity (Wildman–Crippen MR) is 98.4 cm³/mol. The number of sulfone groups is 1. The van der Waals surface area contributed by atoms with E-state index in [-0.39, 0.29) is 21.7 Å². The van der Waals surface area contributed by atoms with Gasteiger partial charge in [-0.25, -0.2) is 8.42 Å². The lowest BCUT2D eigenvalue weighted by molar-refractivity contribution is 0.414. The Kier molecular flexibility index (Phi) is 4.55. The molecule has 0 spiro atoms. The van der Waals surface area contributed by atoms with Gasteiger partial charge in [-0.2, -0.15) is 0 Å². The Bertz CT molecular complexity index is 864. The number of methoxy groups -OCH3 is 1. The lowest BCUT2D eigenvalue weighted by Crippen LogP contribution is -2.17. The maximum absolute atomic E-state index is 12.9. The molecule has 1 saturated carbocycles. The molecule has 24 heavy (non-hydrogen) atoms. The first kappa shape index (κ1) is 17.2. The summed E-state index contributed by atoms with van der Waals surface area (Å²) >= 11 is 10.9. The molecule has 1 fully saturated rings. The molecule has 2 N–H and O–H groups in total. The van der Waals surface area contributed by atoms with Crippen LogP contribution in [0.4, 0.5) is 0 Å². The summed E-state index contributed by atoms with van der Waals surface area (Å²) < 4.78 is 31.0. The lowest BCUT2D eigenvalue weighted by atomic mass is 10.1. The highest BCUT2D eigenvalue weighted by molar-refractivity contribution is 7.92. The van der Waals surface area contributed by atoms with Gasteiger partial charge in [-0.3, -0.25) is 0 Å². The van der Waals surface area contributed by atoms with E-state index in [4.69, 9.17) is 34.3 Å². The number of thiocarbonyl (C=S) groups is 1. The van der Waals surface area contributed by atoms with Crippen molar-refractivity contribution in [1.29, 1.82) is 0 Å². The molecule has 2 aromatic rings. The van der Waals surface area contributed by atoms with Gasteiger partial charge >= 0.3 is 0 Å². The van der Waals surface area contributed by atoms with Crippen LogP contribution in [-0.2, 0) is 9.84 Å². The quantitative estimate of drug-likeness (QED) is 0.805. The average Bonchev–Trinajstić information content (AvgIpc) is 3.32. The van der Waals surface area contributed by atoms with Crippen molar-refractivity contribution in [1.82, 2.24) is 0 Å². The van der Waals surface area contributed by atoms with E-state index in [0.29, 0.717) is 10.8 Å². The monoisotopic (exact) mass is 381 g/mol. The molecule has 2 aromatic carbocycles. The van der Waals surface area contributed by atoms with Gasteiger partial charge < -0.3 is 10.5 Å². The molecule has 0 unspecified atom stereocenters. The van der Waals surface area contributed by atoms with Gasteiger partial charge in [0.1, 0.15) is 5.75 Å². The third-order valence-corrected chi connectivity index (χ3v) is 7.04. The zero-order valence-corrected chi connectivity index (χ0v) is 15.2. The summed E-state index contributed by atoms with van der Waals surface area (Å²) in [5, 5.41) is -0.160. The van der Waals surface area contributed by atoms with E-state index in [1.54, 1.807) is 31.4 Å². The molecule has 1 aliphatic carbocycles. The standard InChI is InChI=1S/C17H16ClNO3S2/c1-22-12-6-2-10(3-7-12)14-15(17(19)23)16(14)24(20,21)13-8-4-11(18)5-9-13/h2-9,14-16H,1H3,(H2,19,23)/t14-,15+,16+/m0/s1. The second-order valence-corrected chi connectivity index (χ2v) is 8.70. The van der Waals surface area contributed by atoms with Crippen LogP contribution in [0, 0.1) is 5.92 Å². The van der Waals surface area contributed by atoms with E-state index in [1.165, 1.54) is 12.1 Å². The number of hydrogen-bond acceptors (Lipinski definition) is 4. The van der Waals surface area contributed by atoms with Crippen molar-refractivity contribution >= 4 is 38.6 Å². The first-order valence-electron chi connectivity index (χ1n) is 7.29. The van der Waals surface area contributed by atoms with Gasteiger partial charge in [0, 0.05) is 16.9 Å². The Balaban J connectivity index is 1.96. The van der Waals surface area contributed by atoms with Crippen molar-refractivity contribution < 1.29 is 13.2 Å². The van der Waals surface area contributed by atoms with Gasteiger partial charge in [-0.15, -0.1) is 0 Å². The molecule has 0 aromatic heterocycles. The molecule has 4 nitrogen and oxygen atoms in total. The molecule has 7 heteroatoms. The minimum absolute atomic E-state index is 0.221. The summed E-state index contributed by atoms with van der Waals surface area (Å²) in [6, 6.07) is 13.5. The average molecular weight is 382 g/mol. The number of halogens is 1. The van der Waals surface area contributed by atoms with E-state index in [2.05, 4.69) is 0 Å². The minimum atomic E-state index is -3.55. The van der Waals surface area contributed by atoms with E-state index >= 15 is 0 Å². The van der Waals surface area contributed by atoms with Crippen LogP contribution >= 0.6 is 23.8 Å². The number of hydrogen-bond donors (Lipinski definition) is 1. The number of benzene rings is 2. The van der Waals surface area contributed by atoms with Gasteiger partial charge in [0.2, 0.25) is 0 Å². The van der Waals surface area contributed by atoms with Crippen LogP contribution in [0.15, 0.2) is 53.4 Å². The SMILES string of the molecule is COc1ccc([C@H]2[C@@H](C(N)=S)[C@@H]2S(=O)(=O)c2ccc(Cl)cc2)cc1. The lowest BCUT2D eigenvalue weighted by Gasteiger charge is -2.05. The number of nitrogens with two attached hydrogens (primary N) is 1. The highest BCUT2D eigenvalue weighted by atomic mass is 35.5. The molecule has 1 aliphatic rings. The van der Waals surface area contributed by atoms with Crippen molar-refractivity contribution in [2.75, 3.05) is 7.11 Å². The van der Waals surface area contributed by atoms with Crippen molar-refractivity contribution in [3.63, 3.8) is 0 Å². The van der Waals surface area contributed by atoms with Crippen LogP contribution in [0.25, 0.3) is 0 Å². The van der Waals surface area contributed by atoms with E-state index in [9.17, 15) is 8.42 Å². The van der Waals surface area contributed by atoms with Crippen LogP contribution in [0.3, 0.4) is 0 Å². The second-order valence-electron chi connectivity index (χ2n) is 5.69. The fraction of sp³-hybridized carbons (Fsp3) is 0.235. The fourth-order valence-corrected chi connectivity index (χ4v) is 5.67. The predicted octanol–water partition coefficient (Wildman–Crippen LogP) is 3.19. The third kappa shape index (κ3) is 3.01. The molecular formula is C17H16ClNO3S2. The zero-order valence-electron chi connectivity index (χ0n) is 12.8. The van der Waals surface area contributed by atoms with Crippen molar-refractivity contribution in [2.45, 2.75) is 16.1 Å². The highest BCUT2D eigenvalue weighted by Crippen LogP contribution is 2.54. The van der Waals surface area contributed by atoms with Gasteiger partial charge in [-0.05, 0) is 42.0 Å². The molecule has 0 heterocycles. The smallest absolute Gasteiger partial charge is 0.182 e. The summed E-state index contributed by atoms with van der Waals surface area (Å²) in [5.41, 5.74) is 6.68. The molecule has 0 amide bonds. The normalized spacial score (nSPS) is 22.8. The van der Waals surface area contributed by atoms with Gasteiger partial charge in [0.05, 0.1) is 22.2 Å². The van der Waals surface area contributed by atoms with E-state index in [1.807, 2.05) is 12.1 Å². The van der Waals surface area contributed by atoms with Crippen molar-refractivity contribution in [3.05, 3.63) is 59.1 Å². The molecule has 0 saturated heterocycles. The maximum Gasteiger partial charge on any atom is 0.182 e. The Morgan fingerprint density at radius 2 is 1.71 bits per heavy atom. The van der Waals surface area contributed by atoms with Gasteiger partial charge in [-0.1, -0.05) is 36.0 Å². The number of rotatable bonds is 5. The summed E-state index contributed by atoms with van der Waals surface area (Å²) in [5.74, 6) is 0.103. The van der Waals surface area contributed by atoms with E-state index < -0.39 is 15.1 Å². The summed E-state index contributed by atoms with van der Waals surface area (Å²) in [4.78, 5) is 0.451. The minimum Gasteiger partial charge on any atom is -0.497 e. The first-order chi connectivity index (χ1) is 11.4. The molecule has 3 rings (SSSR count). The zero-order chi connectivity index (χ0) is 17.5. The molecule has 0 radical (unpaired) electrons. The molecule has 0 bridgehead atoms. The Morgan fingerprint density at radius 3 is 2.21 bits per heavy atom. The topological polar surface area (TPSA) is 69.4 Å². The van der Waals surface area contributed by atoms with Crippen molar-refractivity contribution in [3.8, 4) is 5.75 Å². The van der Waals surface area contributed by atoms with Crippen LogP contribution in [0.1, 0.15) is 11.5 Å². The van der Waals surface area contributed by atoms with E-state index in [0.717, 1.165) is 5.56 Å². The molecular weight excluding hydrogens is 366 g/mol. The maximum atomic E-state index is 12.9. The Hall–Kier alpha value is -1.63. The van der Waals surface area contributed by atoms with Crippen LogP contribution < -0.4 is 10.5 Å². The summed E-state index contributed by atoms with van der Waals surface area (Å²) in [6.45, 7) is 0. The highest BCUT2D eigenvalue weighted by Gasteiger charge is 2.60. The summed E-state index contributed by atoms with van der Waals surface area (Å²) in [7, 11) is -1.97. The van der Waals surface area contributed by atoms with Gasteiger partial charge in [0.25, 0.3) is 0 Å². The fourth-order valence-electron chi connectivity index (χ4n) is 3.01. The summed E-state index contributed by atoms with van der Waals surface area (Å²) in [6.07, 6.45) is 0. The van der Waals surface area contributed by atoms with Crippen LogP contribution in [0.5, 0.6) is 5.75 Å². The van der Waals surface area contributed by atoms with Crippen LogP contribution in [-0.4, -0.2) is 25.8 Å². The molecule has 126 valence electrons. The second kappa shape index (κ2) is 6.35. The largest absolute Gasteiger partial charge is 0.497 e. The first-order valence-corrected chi connectivity index (χ1v) is 9.62. The number of ether oxygens (including phenoxy) is 1. The Labute approximate surface area is 151 Å².